The predicted molar refractivity (Wildman–Crippen MR) is 114 cm³/mol. The van der Waals surface area contributed by atoms with Crippen molar-refractivity contribution in [3.63, 3.8) is 0 Å². The van der Waals surface area contributed by atoms with E-state index < -0.39 is 6.61 Å². The van der Waals surface area contributed by atoms with E-state index in [4.69, 9.17) is 9.47 Å². The van der Waals surface area contributed by atoms with E-state index in [2.05, 4.69) is 25.5 Å². The quantitative estimate of drug-likeness (QED) is 0.240. The van der Waals surface area contributed by atoms with Gasteiger partial charge in [-0.3, -0.25) is 9.67 Å². The second kappa shape index (κ2) is 11.0. The van der Waals surface area contributed by atoms with Gasteiger partial charge in [-0.05, 0) is 25.0 Å². The zero-order valence-corrected chi connectivity index (χ0v) is 18.5. The van der Waals surface area contributed by atoms with Crippen LogP contribution in [-0.2, 0) is 13.1 Å². The monoisotopic (exact) mass is 523 g/mol. The van der Waals surface area contributed by atoms with Crippen molar-refractivity contribution in [2.24, 2.45) is 4.99 Å². The first-order chi connectivity index (χ1) is 13.5. The number of aromatic nitrogens is 2. The number of alkyl halides is 2. The predicted octanol–water partition coefficient (Wildman–Crippen LogP) is 2.89. The van der Waals surface area contributed by atoms with Crippen molar-refractivity contribution >= 4 is 29.9 Å². The Morgan fingerprint density at radius 2 is 2.07 bits per heavy atom. The van der Waals surface area contributed by atoms with Gasteiger partial charge in [0.1, 0.15) is 5.75 Å². The molecule has 1 aromatic heterocycles. The van der Waals surface area contributed by atoms with Gasteiger partial charge in [0.15, 0.2) is 17.5 Å². The third-order valence-electron chi connectivity index (χ3n) is 4.06. The second-order valence-electron chi connectivity index (χ2n) is 6.18. The first-order valence-corrected chi connectivity index (χ1v) is 8.86. The molecule has 0 bridgehead atoms. The number of aryl methyl sites for hydroxylation is 2. The van der Waals surface area contributed by atoms with E-state index in [-0.39, 0.29) is 43.1 Å². The molecule has 1 aliphatic heterocycles. The molecule has 0 radical (unpaired) electrons. The van der Waals surface area contributed by atoms with E-state index >= 15 is 0 Å². The van der Waals surface area contributed by atoms with Gasteiger partial charge in [-0.1, -0.05) is 0 Å². The number of guanidine groups is 1. The molecule has 8 nitrogen and oxygen atoms in total. The van der Waals surface area contributed by atoms with Crippen LogP contribution in [0.25, 0.3) is 0 Å². The topological polar surface area (TPSA) is 81.9 Å². The molecule has 0 fully saturated rings. The summed E-state index contributed by atoms with van der Waals surface area (Å²) in [6, 6.07) is 3.04. The normalized spacial score (nSPS) is 12.7. The number of ether oxygens (including phenoxy) is 3. The summed E-state index contributed by atoms with van der Waals surface area (Å²) in [7, 11) is 1.64. The molecule has 29 heavy (non-hydrogen) atoms. The average molecular weight is 523 g/mol. The van der Waals surface area contributed by atoms with E-state index in [1.807, 2.05) is 24.0 Å². The minimum absolute atomic E-state index is 0. The Hall–Kier alpha value is -2.31. The van der Waals surface area contributed by atoms with Crippen molar-refractivity contribution in [1.82, 2.24) is 20.4 Å². The number of fused-ring (bicyclic) bond motifs is 1. The Balaban J connectivity index is 0.00000300. The molecule has 2 heterocycles. The molecule has 0 amide bonds. The van der Waals surface area contributed by atoms with Gasteiger partial charge in [0.2, 0.25) is 6.79 Å². The summed E-state index contributed by atoms with van der Waals surface area (Å²) in [5, 5.41) is 10.5. The van der Waals surface area contributed by atoms with Crippen LogP contribution in [-0.4, -0.2) is 42.7 Å². The number of benzene rings is 1. The lowest BCUT2D eigenvalue weighted by Crippen LogP contribution is -2.37. The lowest BCUT2D eigenvalue weighted by molar-refractivity contribution is -0.0505. The Morgan fingerprint density at radius 1 is 1.31 bits per heavy atom. The van der Waals surface area contributed by atoms with E-state index in [9.17, 15) is 8.78 Å². The summed E-state index contributed by atoms with van der Waals surface area (Å²) in [5.74, 6) is 1.47. The van der Waals surface area contributed by atoms with Gasteiger partial charge in [0.25, 0.3) is 0 Å². The summed E-state index contributed by atoms with van der Waals surface area (Å²) < 4.78 is 42.4. The average Bonchev–Trinajstić information content (AvgIpc) is 3.28. The van der Waals surface area contributed by atoms with Crippen molar-refractivity contribution in [3.05, 3.63) is 35.7 Å². The summed E-state index contributed by atoms with van der Waals surface area (Å²) in [4.78, 5) is 4.14. The number of halogens is 3. The maximum Gasteiger partial charge on any atom is 0.387 e. The molecule has 0 spiro atoms. The van der Waals surface area contributed by atoms with Gasteiger partial charge >= 0.3 is 6.61 Å². The molecule has 1 aromatic carbocycles. The zero-order chi connectivity index (χ0) is 19.9. The molecule has 0 atom stereocenters. The third-order valence-corrected chi connectivity index (χ3v) is 4.06. The molecule has 2 N–H and O–H groups in total. The number of aliphatic imine (C=N–C) groups is 1. The summed E-state index contributed by atoms with van der Waals surface area (Å²) in [5.41, 5.74) is 1.63. The highest BCUT2D eigenvalue weighted by molar-refractivity contribution is 14.0. The van der Waals surface area contributed by atoms with Crippen molar-refractivity contribution in [2.75, 3.05) is 20.4 Å². The number of nitrogens with zero attached hydrogens (tertiary/aromatic N) is 3. The number of hydrogen-bond acceptors (Lipinski definition) is 5. The number of nitrogens with one attached hydrogen (secondary N) is 2. The molecule has 3 rings (SSSR count). The lowest BCUT2D eigenvalue weighted by Gasteiger charge is -2.15. The maximum absolute atomic E-state index is 12.7. The third kappa shape index (κ3) is 6.61. The second-order valence-corrected chi connectivity index (χ2v) is 6.18. The van der Waals surface area contributed by atoms with Crippen LogP contribution in [0.1, 0.15) is 17.5 Å². The zero-order valence-electron chi connectivity index (χ0n) is 16.2. The van der Waals surface area contributed by atoms with Gasteiger partial charge in [-0.2, -0.15) is 13.9 Å². The van der Waals surface area contributed by atoms with E-state index in [1.54, 1.807) is 13.1 Å². The van der Waals surface area contributed by atoms with Gasteiger partial charge in [-0.25, -0.2) is 0 Å². The Kier molecular flexibility index (Phi) is 8.73. The van der Waals surface area contributed by atoms with Crippen LogP contribution < -0.4 is 24.8 Å². The fraction of sp³-hybridized carbons (Fsp3) is 0.444. The lowest BCUT2D eigenvalue weighted by atomic mass is 10.1. The van der Waals surface area contributed by atoms with Crippen LogP contribution in [0.15, 0.2) is 29.5 Å². The SMILES string of the molecule is CN=C(NCCCn1cc(C)cn1)NCc1cc2c(cc1OC(F)F)OCO2.I. The summed E-state index contributed by atoms with van der Waals surface area (Å²) in [6.07, 6.45) is 4.65. The van der Waals surface area contributed by atoms with E-state index in [0.29, 0.717) is 29.6 Å². The van der Waals surface area contributed by atoms with Gasteiger partial charge < -0.3 is 24.8 Å². The standard InChI is InChI=1S/C18H23F2N5O3.HI/c1-12-8-24-25(10-12)5-3-4-22-18(21-2)23-9-13-6-15-16(27-11-26-15)7-14(13)28-17(19)20;/h6-8,10,17H,3-5,9,11H2,1-2H3,(H2,21,22,23);1H. The van der Waals surface area contributed by atoms with Gasteiger partial charge in [0, 0.05) is 44.5 Å². The largest absolute Gasteiger partial charge is 0.454 e. The highest BCUT2D eigenvalue weighted by Crippen LogP contribution is 2.38. The van der Waals surface area contributed by atoms with E-state index in [0.717, 1.165) is 18.5 Å². The molecule has 0 saturated heterocycles. The van der Waals surface area contributed by atoms with Crippen LogP contribution in [0.4, 0.5) is 8.78 Å². The molecular weight excluding hydrogens is 499 g/mol. The Morgan fingerprint density at radius 3 is 2.72 bits per heavy atom. The first kappa shape index (κ1) is 23.0. The molecule has 1 aliphatic rings. The van der Waals surface area contributed by atoms with Crippen molar-refractivity contribution in [3.8, 4) is 17.2 Å². The van der Waals surface area contributed by atoms with Crippen molar-refractivity contribution in [1.29, 1.82) is 0 Å². The minimum Gasteiger partial charge on any atom is -0.454 e. The molecular formula is C18H24F2IN5O3. The molecule has 160 valence electrons. The minimum atomic E-state index is -2.93. The fourth-order valence-electron chi connectivity index (χ4n) is 2.75. The van der Waals surface area contributed by atoms with Gasteiger partial charge in [0.05, 0.1) is 6.20 Å². The van der Waals surface area contributed by atoms with Crippen molar-refractivity contribution < 1.29 is 23.0 Å². The highest BCUT2D eigenvalue weighted by Gasteiger charge is 2.20. The number of hydrogen-bond donors (Lipinski definition) is 2. The number of rotatable bonds is 8. The first-order valence-electron chi connectivity index (χ1n) is 8.86. The highest BCUT2D eigenvalue weighted by atomic mass is 127. The van der Waals surface area contributed by atoms with Crippen LogP contribution in [0.5, 0.6) is 17.2 Å². The summed E-state index contributed by atoms with van der Waals surface area (Å²) in [6.45, 7) is 0.820. The molecule has 2 aromatic rings. The van der Waals surface area contributed by atoms with Gasteiger partial charge in [-0.15, -0.1) is 24.0 Å². The smallest absolute Gasteiger partial charge is 0.387 e. The van der Waals surface area contributed by atoms with Crippen LogP contribution >= 0.6 is 24.0 Å². The fourth-order valence-corrected chi connectivity index (χ4v) is 2.75. The van der Waals surface area contributed by atoms with Crippen molar-refractivity contribution in [2.45, 2.75) is 33.0 Å². The maximum atomic E-state index is 12.7. The molecule has 0 saturated carbocycles. The molecule has 11 heteroatoms. The van der Waals surface area contributed by atoms with Crippen LogP contribution in [0, 0.1) is 6.92 Å². The summed E-state index contributed by atoms with van der Waals surface area (Å²) >= 11 is 0. The Labute approximate surface area is 184 Å². The van der Waals surface area contributed by atoms with Crippen LogP contribution in [0.2, 0.25) is 0 Å². The molecule has 0 unspecified atom stereocenters. The Bertz CT molecular complexity index is 832. The molecule has 0 aliphatic carbocycles. The van der Waals surface area contributed by atoms with Crippen LogP contribution in [0.3, 0.4) is 0 Å². The van der Waals surface area contributed by atoms with E-state index in [1.165, 1.54) is 6.07 Å².